The SMILES string of the molecule is Nc1cncc2c(-c3cccc(OCc4ccccc4S(=O)(=O)c4ccccc4)c3)nc(C3CCC3)n12. The highest BCUT2D eigenvalue weighted by molar-refractivity contribution is 7.91. The first kappa shape index (κ1) is 23.2. The first-order chi connectivity index (χ1) is 18.0. The number of nitrogens with zero attached hydrogens (tertiary/aromatic N) is 3. The minimum Gasteiger partial charge on any atom is -0.489 e. The second-order valence-corrected chi connectivity index (χ2v) is 11.2. The number of sulfone groups is 1. The molecule has 1 saturated carbocycles. The van der Waals surface area contributed by atoms with Crippen LogP contribution in [0.1, 0.15) is 36.6 Å². The molecule has 186 valence electrons. The molecule has 7 nitrogen and oxygen atoms in total. The van der Waals surface area contributed by atoms with Crippen molar-refractivity contribution in [3.63, 3.8) is 0 Å². The molecule has 8 heteroatoms. The molecule has 1 aliphatic carbocycles. The smallest absolute Gasteiger partial charge is 0.206 e. The average Bonchev–Trinajstić information content (AvgIpc) is 3.27. The van der Waals surface area contributed by atoms with Crippen molar-refractivity contribution in [1.29, 1.82) is 0 Å². The molecule has 0 radical (unpaired) electrons. The van der Waals surface area contributed by atoms with E-state index in [0.29, 0.717) is 23.0 Å². The summed E-state index contributed by atoms with van der Waals surface area (Å²) >= 11 is 0. The van der Waals surface area contributed by atoms with Crippen LogP contribution in [0.4, 0.5) is 5.82 Å². The normalized spacial score (nSPS) is 13.9. The number of rotatable bonds is 7. The lowest BCUT2D eigenvalue weighted by atomic mass is 9.85. The topological polar surface area (TPSA) is 99.6 Å². The summed E-state index contributed by atoms with van der Waals surface area (Å²) in [7, 11) is -3.67. The van der Waals surface area contributed by atoms with Crippen LogP contribution < -0.4 is 10.5 Å². The molecule has 37 heavy (non-hydrogen) atoms. The second-order valence-electron chi connectivity index (χ2n) is 9.24. The Morgan fingerprint density at radius 1 is 0.946 bits per heavy atom. The number of anilines is 1. The lowest BCUT2D eigenvalue weighted by Gasteiger charge is -2.24. The van der Waals surface area contributed by atoms with E-state index in [9.17, 15) is 8.42 Å². The molecule has 0 spiro atoms. The molecular weight excluding hydrogens is 484 g/mol. The van der Waals surface area contributed by atoms with Gasteiger partial charge in [-0.05, 0) is 43.2 Å². The Kier molecular flexibility index (Phi) is 5.88. The first-order valence-corrected chi connectivity index (χ1v) is 13.7. The molecule has 0 aliphatic heterocycles. The van der Waals surface area contributed by atoms with Gasteiger partial charge in [0.1, 0.15) is 24.0 Å². The number of imidazole rings is 1. The number of nitrogens with two attached hydrogens (primary N) is 1. The minimum atomic E-state index is -3.67. The molecule has 0 atom stereocenters. The number of hydrogen-bond donors (Lipinski definition) is 1. The van der Waals surface area contributed by atoms with Gasteiger partial charge in [0.05, 0.1) is 33.4 Å². The zero-order chi connectivity index (χ0) is 25.4. The summed E-state index contributed by atoms with van der Waals surface area (Å²) in [6.45, 7) is 0.109. The lowest BCUT2D eigenvalue weighted by molar-refractivity contribution is 0.303. The third kappa shape index (κ3) is 4.23. The number of nitrogen functional groups attached to an aromatic ring is 1. The van der Waals surface area contributed by atoms with Crippen LogP contribution in [0.15, 0.2) is 101 Å². The van der Waals surface area contributed by atoms with Crippen LogP contribution in [0.2, 0.25) is 0 Å². The van der Waals surface area contributed by atoms with Gasteiger partial charge in [-0.25, -0.2) is 13.4 Å². The highest BCUT2D eigenvalue weighted by Gasteiger charge is 2.27. The van der Waals surface area contributed by atoms with Crippen LogP contribution in [-0.4, -0.2) is 22.8 Å². The second kappa shape index (κ2) is 9.37. The molecule has 0 amide bonds. The van der Waals surface area contributed by atoms with E-state index < -0.39 is 9.84 Å². The molecule has 1 fully saturated rings. The van der Waals surface area contributed by atoms with Gasteiger partial charge in [-0.3, -0.25) is 9.38 Å². The molecule has 0 saturated heterocycles. The Morgan fingerprint density at radius 3 is 2.51 bits per heavy atom. The van der Waals surface area contributed by atoms with Gasteiger partial charge in [-0.15, -0.1) is 0 Å². The Hall–Kier alpha value is -4.17. The van der Waals surface area contributed by atoms with Gasteiger partial charge in [0.25, 0.3) is 0 Å². The fourth-order valence-corrected chi connectivity index (χ4v) is 6.24. The molecular formula is C29H26N4O3S. The van der Waals surface area contributed by atoms with Crippen LogP contribution >= 0.6 is 0 Å². The Balaban J connectivity index is 1.31. The van der Waals surface area contributed by atoms with Crippen molar-refractivity contribution in [2.75, 3.05) is 5.73 Å². The highest BCUT2D eigenvalue weighted by Crippen LogP contribution is 2.39. The summed E-state index contributed by atoms with van der Waals surface area (Å²) in [6, 6.07) is 23.0. The predicted molar refractivity (Wildman–Crippen MR) is 142 cm³/mol. The standard InChI is InChI=1S/C29H26N4O3S/c30-27-18-31-17-25-28(32-29(33(25)27)20-9-6-10-20)21-11-7-12-23(16-21)36-19-22-8-4-5-15-26(22)37(34,35)24-13-2-1-3-14-24/h1-5,7-8,11-18,20H,6,9-10,19,30H2. The van der Waals surface area contributed by atoms with Crippen LogP contribution in [-0.2, 0) is 16.4 Å². The number of fused-ring (bicyclic) bond motifs is 1. The van der Waals surface area contributed by atoms with Crippen molar-refractivity contribution in [2.24, 2.45) is 0 Å². The van der Waals surface area contributed by atoms with E-state index in [2.05, 4.69) is 4.98 Å². The van der Waals surface area contributed by atoms with Gasteiger partial charge in [-0.1, -0.05) is 55.0 Å². The van der Waals surface area contributed by atoms with Crippen molar-refractivity contribution in [1.82, 2.24) is 14.4 Å². The average molecular weight is 511 g/mol. The fraction of sp³-hybridized carbons (Fsp3) is 0.172. The summed E-state index contributed by atoms with van der Waals surface area (Å²) in [4.78, 5) is 9.78. The van der Waals surface area contributed by atoms with E-state index in [1.165, 1.54) is 6.42 Å². The van der Waals surface area contributed by atoms with Gasteiger partial charge in [0.15, 0.2) is 0 Å². The van der Waals surface area contributed by atoms with Crippen LogP contribution in [0.3, 0.4) is 0 Å². The van der Waals surface area contributed by atoms with Crippen molar-refractivity contribution in [3.05, 3.63) is 103 Å². The van der Waals surface area contributed by atoms with E-state index in [1.807, 2.05) is 34.7 Å². The number of hydrogen-bond acceptors (Lipinski definition) is 6. The zero-order valence-corrected chi connectivity index (χ0v) is 20.9. The maximum Gasteiger partial charge on any atom is 0.206 e. The van der Waals surface area contributed by atoms with E-state index in [4.69, 9.17) is 15.5 Å². The van der Waals surface area contributed by atoms with Crippen molar-refractivity contribution in [3.8, 4) is 17.0 Å². The number of ether oxygens (including phenoxy) is 1. The van der Waals surface area contributed by atoms with Crippen molar-refractivity contribution < 1.29 is 13.2 Å². The fourth-order valence-electron chi connectivity index (χ4n) is 4.74. The molecule has 5 aromatic rings. The monoisotopic (exact) mass is 510 g/mol. The van der Waals surface area contributed by atoms with E-state index >= 15 is 0 Å². The zero-order valence-electron chi connectivity index (χ0n) is 20.1. The summed E-state index contributed by atoms with van der Waals surface area (Å²) in [5.74, 6) is 2.56. The third-order valence-electron chi connectivity index (χ3n) is 6.89. The quantitative estimate of drug-likeness (QED) is 0.303. The maximum absolute atomic E-state index is 13.3. The van der Waals surface area contributed by atoms with E-state index in [0.717, 1.165) is 35.4 Å². The Labute approximate surface area is 215 Å². The van der Waals surface area contributed by atoms with Gasteiger partial charge in [0.2, 0.25) is 9.84 Å². The minimum absolute atomic E-state index is 0.109. The van der Waals surface area contributed by atoms with Crippen molar-refractivity contribution in [2.45, 2.75) is 41.6 Å². The molecule has 1 aliphatic rings. The Morgan fingerprint density at radius 2 is 1.73 bits per heavy atom. The molecule has 2 heterocycles. The predicted octanol–water partition coefficient (Wildman–Crippen LogP) is 5.66. The number of aromatic nitrogens is 3. The van der Waals surface area contributed by atoms with E-state index in [1.54, 1.807) is 60.9 Å². The molecule has 3 aromatic carbocycles. The highest BCUT2D eigenvalue weighted by atomic mass is 32.2. The van der Waals surface area contributed by atoms with E-state index in [-0.39, 0.29) is 16.4 Å². The van der Waals surface area contributed by atoms with Gasteiger partial charge < -0.3 is 10.5 Å². The molecule has 2 aromatic heterocycles. The number of benzene rings is 3. The van der Waals surface area contributed by atoms with Gasteiger partial charge in [0, 0.05) is 17.0 Å². The van der Waals surface area contributed by atoms with Crippen molar-refractivity contribution >= 4 is 21.2 Å². The molecule has 2 N–H and O–H groups in total. The molecule has 0 unspecified atom stereocenters. The van der Waals surface area contributed by atoms with Gasteiger partial charge >= 0.3 is 0 Å². The first-order valence-electron chi connectivity index (χ1n) is 12.3. The summed E-state index contributed by atoms with van der Waals surface area (Å²) in [5.41, 5.74) is 9.43. The lowest BCUT2D eigenvalue weighted by Crippen LogP contribution is -2.14. The largest absolute Gasteiger partial charge is 0.489 e. The van der Waals surface area contributed by atoms with Gasteiger partial charge in [-0.2, -0.15) is 0 Å². The van der Waals surface area contributed by atoms with Crippen LogP contribution in [0, 0.1) is 0 Å². The summed E-state index contributed by atoms with van der Waals surface area (Å²) in [6.07, 6.45) is 6.86. The third-order valence-corrected chi connectivity index (χ3v) is 8.76. The van der Waals surface area contributed by atoms with Crippen LogP contribution in [0.25, 0.3) is 16.8 Å². The summed E-state index contributed by atoms with van der Waals surface area (Å²) in [5, 5.41) is 0. The maximum atomic E-state index is 13.3. The summed E-state index contributed by atoms with van der Waals surface area (Å²) < 4.78 is 34.6. The molecule has 6 rings (SSSR count). The molecule has 0 bridgehead atoms. The Bertz CT molecular complexity index is 1690. The van der Waals surface area contributed by atoms with Crippen LogP contribution in [0.5, 0.6) is 5.75 Å².